The lowest BCUT2D eigenvalue weighted by molar-refractivity contribution is -0.0260. The van der Waals surface area contributed by atoms with Gasteiger partial charge in [-0.15, -0.1) is 0 Å². The third-order valence-corrected chi connectivity index (χ3v) is 6.33. The first kappa shape index (κ1) is 21.6. The molecule has 0 aliphatic carbocycles. The van der Waals surface area contributed by atoms with Gasteiger partial charge in [0.2, 0.25) is 0 Å². The van der Waals surface area contributed by atoms with Crippen molar-refractivity contribution in [1.29, 1.82) is 0 Å². The van der Waals surface area contributed by atoms with Gasteiger partial charge in [0.25, 0.3) is 0 Å². The van der Waals surface area contributed by atoms with Crippen molar-refractivity contribution >= 4 is 11.9 Å². The van der Waals surface area contributed by atoms with Gasteiger partial charge >= 0.3 is 6.09 Å². The number of nitrogens with zero attached hydrogens (tertiary/aromatic N) is 3. The molecule has 2 unspecified atom stereocenters. The molecular weight excluding hydrogens is 390 g/mol. The molecule has 1 aromatic carbocycles. The Kier molecular flexibility index (Phi) is 5.67. The maximum Gasteiger partial charge on any atom is 0.410 e. The fourth-order valence-corrected chi connectivity index (χ4v) is 5.13. The summed E-state index contributed by atoms with van der Waals surface area (Å²) in [5.74, 6) is 0.105. The fraction of sp³-hybridized carbons (Fsp3) is 0.560. The van der Waals surface area contributed by atoms with Crippen molar-refractivity contribution in [1.82, 2.24) is 14.7 Å². The molecule has 2 saturated heterocycles. The summed E-state index contributed by atoms with van der Waals surface area (Å²) in [5.41, 5.74) is 3.11. The van der Waals surface area contributed by atoms with Crippen LogP contribution in [0.4, 0.5) is 4.79 Å². The number of Topliss-reactive ketones (excluding diaryl/α,β-unsaturated/α-hetero) is 1. The van der Waals surface area contributed by atoms with Crippen LogP contribution >= 0.6 is 0 Å². The molecule has 2 aliphatic heterocycles. The number of aromatic nitrogens is 2. The Morgan fingerprint density at radius 1 is 1.06 bits per heavy atom. The summed E-state index contributed by atoms with van der Waals surface area (Å²) in [4.78, 5) is 28.2. The molecule has 3 heterocycles. The van der Waals surface area contributed by atoms with E-state index >= 15 is 0 Å². The minimum atomic E-state index is -0.512. The van der Waals surface area contributed by atoms with Crippen molar-refractivity contribution in [3.8, 4) is 5.69 Å². The van der Waals surface area contributed by atoms with Gasteiger partial charge in [-0.1, -0.05) is 12.1 Å². The van der Waals surface area contributed by atoms with Gasteiger partial charge in [-0.3, -0.25) is 4.79 Å². The lowest BCUT2D eigenvalue weighted by atomic mass is 9.76. The molecule has 0 N–H and O–H groups in total. The van der Waals surface area contributed by atoms with E-state index in [-0.39, 0.29) is 29.9 Å². The summed E-state index contributed by atoms with van der Waals surface area (Å²) in [6.07, 6.45) is 4.15. The number of rotatable bonds is 3. The summed E-state index contributed by atoms with van der Waals surface area (Å²) < 4.78 is 7.55. The molecule has 2 fully saturated rings. The Morgan fingerprint density at radius 3 is 2.32 bits per heavy atom. The summed E-state index contributed by atoms with van der Waals surface area (Å²) >= 11 is 0. The van der Waals surface area contributed by atoms with E-state index in [4.69, 9.17) is 4.74 Å². The van der Waals surface area contributed by atoms with Crippen LogP contribution < -0.4 is 0 Å². The fourth-order valence-electron chi connectivity index (χ4n) is 5.13. The molecule has 166 valence electrons. The van der Waals surface area contributed by atoms with Crippen LogP contribution in [-0.2, 0) is 4.74 Å². The number of hydrogen-bond donors (Lipinski definition) is 0. The second kappa shape index (κ2) is 8.13. The molecule has 6 heteroatoms. The molecule has 1 aromatic heterocycles. The molecule has 2 atom stereocenters. The van der Waals surface area contributed by atoms with E-state index in [9.17, 15) is 9.59 Å². The van der Waals surface area contributed by atoms with Crippen LogP contribution in [0.25, 0.3) is 5.69 Å². The SMILES string of the molecule is Cc1cc(C)n(-c2cccc(C(=O)C3CC4CCCC(C3)N4C(=O)OC(C)(C)C)c2)n1. The molecule has 0 radical (unpaired) electrons. The van der Waals surface area contributed by atoms with Crippen molar-refractivity contribution in [2.75, 3.05) is 0 Å². The molecule has 6 nitrogen and oxygen atoms in total. The summed E-state index contributed by atoms with van der Waals surface area (Å²) in [6.45, 7) is 9.67. The molecule has 1 amide bonds. The number of carbonyl (C=O) groups is 2. The van der Waals surface area contributed by atoms with Gasteiger partial charge in [0.15, 0.2) is 5.78 Å². The predicted molar refractivity (Wildman–Crippen MR) is 120 cm³/mol. The number of aryl methyl sites for hydroxylation is 2. The average molecular weight is 424 g/mol. The Balaban J connectivity index is 1.53. The normalized spacial score (nSPS) is 23.5. The number of ketones is 1. The molecule has 31 heavy (non-hydrogen) atoms. The van der Waals surface area contributed by atoms with Crippen LogP contribution in [0.1, 0.15) is 74.6 Å². The highest BCUT2D eigenvalue weighted by Gasteiger charge is 2.44. The highest BCUT2D eigenvalue weighted by atomic mass is 16.6. The molecular formula is C25H33N3O3. The predicted octanol–water partition coefficient (Wildman–Crippen LogP) is 5.24. The van der Waals surface area contributed by atoms with Crippen LogP contribution in [0.3, 0.4) is 0 Å². The zero-order valence-electron chi connectivity index (χ0n) is 19.2. The first-order valence-corrected chi connectivity index (χ1v) is 11.3. The van der Waals surface area contributed by atoms with Gasteiger partial charge in [-0.25, -0.2) is 9.48 Å². The van der Waals surface area contributed by atoms with Crippen molar-refractivity contribution < 1.29 is 14.3 Å². The zero-order valence-corrected chi connectivity index (χ0v) is 19.2. The van der Waals surface area contributed by atoms with Crippen LogP contribution in [0.5, 0.6) is 0 Å². The molecule has 2 aliphatic rings. The number of ether oxygens (including phenoxy) is 1. The van der Waals surface area contributed by atoms with E-state index < -0.39 is 5.60 Å². The van der Waals surface area contributed by atoms with Crippen LogP contribution in [0.2, 0.25) is 0 Å². The van der Waals surface area contributed by atoms with E-state index in [1.54, 1.807) is 0 Å². The lowest BCUT2D eigenvalue weighted by Crippen LogP contribution is -2.56. The third-order valence-electron chi connectivity index (χ3n) is 6.33. The summed E-state index contributed by atoms with van der Waals surface area (Å²) in [7, 11) is 0. The van der Waals surface area contributed by atoms with Crippen molar-refractivity contribution in [3.63, 3.8) is 0 Å². The van der Waals surface area contributed by atoms with Crippen LogP contribution in [0, 0.1) is 19.8 Å². The number of amides is 1. The van der Waals surface area contributed by atoms with Crippen molar-refractivity contribution in [2.45, 2.75) is 84.4 Å². The van der Waals surface area contributed by atoms with E-state index in [2.05, 4.69) is 5.10 Å². The Hall–Kier alpha value is -2.63. The zero-order chi connectivity index (χ0) is 22.3. The Bertz CT molecular complexity index is 974. The Labute approximate surface area is 184 Å². The van der Waals surface area contributed by atoms with Gasteiger partial charge < -0.3 is 9.64 Å². The molecule has 4 rings (SSSR count). The van der Waals surface area contributed by atoms with E-state index in [0.717, 1.165) is 41.9 Å². The van der Waals surface area contributed by atoms with Crippen molar-refractivity contribution in [3.05, 3.63) is 47.3 Å². The van der Waals surface area contributed by atoms with Crippen molar-refractivity contribution in [2.24, 2.45) is 5.92 Å². The number of carbonyl (C=O) groups excluding carboxylic acids is 2. The topological polar surface area (TPSA) is 64.4 Å². The number of fused-ring (bicyclic) bond motifs is 2. The number of hydrogen-bond acceptors (Lipinski definition) is 4. The highest BCUT2D eigenvalue weighted by molar-refractivity contribution is 5.98. The molecule has 0 spiro atoms. The second-order valence-electron chi connectivity index (χ2n) is 10.0. The van der Waals surface area contributed by atoms with E-state index in [1.807, 2.05) is 74.5 Å². The van der Waals surface area contributed by atoms with Crippen LogP contribution in [0.15, 0.2) is 30.3 Å². The first-order valence-electron chi connectivity index (χ1n) is 11.3. The van der Waals surface area contributed by atoms with Gasteiger partial charge in [0, 0.05) is 29.3 Å². The van der Waals surface area contributed by atoms with Gasteiger partial charge in [0.1, 0.15) is 5.60 Å². The summed E-state index contributed by atoms with van der Waals surface area (Å²) in [6, 6.07) is 9.94. The summed E-state index contributed by atoms with van der Waals surface area (Å²) in [5, 5.41) is 4.55. The highest BCUT2D eigenvalue weighted by Crippen LogP contribution is 2.39. The quantitative estimate of drug-likeness (QED) is 0.633. The van der Waals surface area contributed by atoms with E-state index in [0.29, 0.717) is 12.8 Å². The Morgan fingerprint density at radius 2 is 1.74 bits per heavy atom. The standard InChI is InChI=1S/C25H33N3O3/c1-16-12-17(2)28(26-16)22-11-6-8-18(13-22)23(29)19-14-20-9-7-10-21(15-19)27(20)24(30)31-25(3,4)5/h6,8,11-13,19-21H,7,9-10,14-15H2,1-5H3. The minimum absolute atomic E-state index is 0.0651. The number of piperidine rings is 2. The average Bonchev–Trinajstić information content (AvgIpc) is 3.03. The van der Waals surface area contributed by atoms with Gasteiger partial charge in [0.05, 0.1) is 11.4 Å². The molecule has 2 bridgehead atoms. The lowest BCUT2D eigenvalue weighted by Gasteiger charge is -2.48. The third kappa shape index (κ3) is 4.53. The smallest absolute Gasteiger partial charge is 0.410 e. The maximum atomic E-state index is 13.4. The minimum Gasteiger partial charge on any atom is -0.444 e. The second-order valence-corrected chi connectivity index (χ2v) is 10.0. The van der Waals surface area contributed by atoms with Gasteiger partial charge in [-0.05, 0) is 84.9 Å². The molecule has 0 saturated carbocycles. The first-order chi connectivity index (χ1) is 14.6. The number of benzene rings is 1. The maximum absolute atomic E-state index is 13.4. The molecule has 2 aromatic rings. The largest absolute Gasteiger partial charge is 0.444 e. The van der Waals surface area contributed by atoms with E-state index in [1.165, 1.54) is 0 Å². The monoisotopic (exact) mass is 423 g/mol. The van der Waals surface area contributed by atoms with Gasteiger partial charge in [-0.2, -0.15) is 5.10 Å². The van der Waals surface area contributed by atoms with Crippen LogP contribution in [-0.4, -0.2) is 44.2 Å².